The predicted molar refractivity (Wildman–Crippen MR) is 70.3 cm³/mol. The summed E-state index contributed by atoms with van der Waals surface area (Å²) in [4.78, 5) is 4.61. The quantitative estimate of drug-likeness (QED) is 0.754. The van der Waals surface area contributed by atoms with E-state index in [2.05, 4.69) is 24.9 Å². The van der Waals surface area contributed by atoms with Crippen LogP contribution in [0.5, 0.6) is 0 Å². The number of halogens is 1. The van der Waals surface area contributed by atoms with Crippen molar-refractivity contribution in [1.82, 2.24) is 4.98 Å². The lowest BCUT2D eigenvalue weighted by molar-refractivity contribution is 0.829. The highest BCUT2D eigenvalue weighted by Crippen LogP contribution is 2.28. The number of nitrogens with zero attached hydrogens (tertiary/aromatic N) is 2. The summed E-state index contributed by atoms with van der Waals surface area (Å²) < 4.78 is 0. The standard InChI is InChI=1S/C14H13ClN2/c1-8(2)13-6-10(7-16)11-4-5-12(15)9(3)14(11)17-13/h4-6,8H,1-3H3. The topological polar surface area (TPSA) is 36.7 Å². The van der Waals surface area contributed by atoms with Gasteiger partial charge in [-0.2, -0.15) is 5.26 Å². The Morgan fingerprint density at radius 1 is 1.35 bits per heavy atom. The molecule has 2 aromatic rings. The number of fused-ring (bicyclic) bond motifs is 1. The molecular weight excluding hydrogens is 232 g/mol. The van der Waals surface area contributed by atoms with E-state index in [0.717, 1.165) is 22.2 Å². The fraction of sp³-hybridized carbons (Fsp3) is 0.286. The fourth-order valence-corrected chi connectivity index (χ4v) is 1.96. The summed E-state index contributed by atoms with van der Waals surface area (Å²) in [7, 11) is 0. The Bertz CT molecular complexity index is 624. The zero-order valence-corrected chi connectivity index (χ0v) is 10.8. The minimum atomic E-state index is 0.296. The molecule has 17 heavy (non-hydrogen) atoms. The number of benzene rings is 1. The highest BCUT2D eigenvalue weighted by Gasteiger charge is 2.11. The molecule has 0 saturated carbocycles. The van der Waals surface area contributed by atoms with Gasteiger partial charge in [-0.1, -0.05) is 25.4 Å². The molecule has 0 N–H and O–H groups in total. The Balaban J connectivity index is 2.89. The molecule has 0 aliphatic heterocycles. The molecule has 0 aliphatic rings. The first-order valence-electron chi connectivity index (χ1n) is 5.54. The normalized spacial score (nSPS) is 10.8. The number of aromatic nitrogens is 1. The molecule has 0 atom stereocenters. The highest BCUT2D eigenvalue weighted by atomic mass is 35.5. The van der Waals surface area contributed by atoms with Gasteiger partial charge in [-0.25, -0.2) is 0 Å². The van der Waals surface area contributed by atoms with Crippen molar-refractivity contribution in [2.45, 2.75) is 26.7 Å². The Kier molecular flexibility index (Phi) is 3.04. The van der Waals surface area contributed by atoms with E-state index >= 15 is 0 Å². The SMILES string of the molecule is Cc1c(Cl)ccc2c(C#N)cc(C(C)C)nc12. The Labute approximate surface area is 106 Å². The van der Waals surface area contributed by atoms with Crippen molar-refractivity contribution >= 4 is 22.5 Å². The maximum Gasteiger partial charge on any atom is 0.0999 e. The molecular formula is C14H13ClN2. The van der Waals surface area contributed by atoms with Crippen LogP contribution in [0.4, 0.5) is 0 Å². The molecule has 2 rings (SSSR count). The number of rotatable bonds is 1. The van der Waals surface area contributed by atoms with E-state index in [0.29, 0.717) is 16.5 Å². The second-order valence-corrected chi connectivity index (χ2v) is 4.84. The molecule has 2 nitrogen and oxygen atoms in total. The molecule has 0 saturated heterocycles. The van der Waals surface area contributed by atoms with E-state index in [1.54, 1.807) is 0 Å². The van der Waals surface area contributed by atoms with Gasteiger partial charge in [0.2, 0.25) is 0 Å². The van der Waals surface area contributed by atoms with Crippen LogP contribution in [0.1, 0.15) is 36.6 Å². The molecule has 1 aromatic heterocycles. The van der Waals surface area contributed by atoms with Crippen LogP contribution in [0.15, 0.2) is 18.2 Å². The fourth-order valence-electron chi connectivity index (χ4n) is 1.81. The van der Waals surface area contributed by atoms with Crippen LogP contribution >= 0.6 is 11.6 Å². The summed E-state index contributed by atoms with van der Waals surface area (Å²) in [5.74, 6) is 0.296. The van der Waals surface area contributed by atoms with Gasteiger partial charge in [0, 0.05) is 16.1 Å². The van der Waals surface area contributed by atoms with E-state index in [-0.39, 0.29) is 0 Å². The summed E-state index contributed by atoms with van der Waals surface area (Å²) in [6, 6.07) is 7.77. The number of hydrogen-bond donors (Lipinski definition) is 0. The van der Waals surface area contributed by atoms with E-state index < -0.39 is 0 Å². The third-order valence-corrected chi connectivity index (χ3v) is 3.31. The Morgan fingerprint density at radius 3 is 2.65 bits per heavy atom. The number of nitriles is 1. The van der Waals surface area contributed by atoms with Gasteiger partial charge >= 0.3 is 0 Å². The second-order valence-electron chi connectivity index (χ2n) is 4.43. The minimum absolute atomic E-state index is 0.296. The lowest BCUT2D eigenvalue weighted by Gasteiger charge is -2.10. The lowest BCUT2D eigenvalue weighted by atomic mass is 10.0. The average Bonchev–Trinajstić information content (AvgIpc) is 2.32. The van der Waals surface area contributed by atoms with E-state index in [1.807, 2.05) is 25.1 Å². The first-order valence-corrected chi connectivity index (χ1v) is 5.92. The van der Waals surface area contributed by atoms with Crippen LogP contribution in [-0.4, -0.2) is 4.98 Å². The van der Waals surface area contributed by atoms with Crippen molar-refractivity contribution in [3.8, 4) is 6.07 Å². The predicted octanol–water partition coefficient (Wildman–Crippen LogP) is 4.19. The van der Waals surface area contributed by atoms with E-state index in [1.165, 1.54) is 0 Å². The van der Waals surface area contributed by atoms with Crippen LogP contribution in [0.25, 0.3) is 10.9 Å². The van der Waals surface area contributed by atoms with Crippen molar-refractivity contribution < 1.29 is 0 Å². The molecule has 86 valence electrons. The van der Waals surface area contributed by atoms with Gasteiger partial charge < -0.3 is 0 Å². The molecule has 1 aromatic carbocycles. The zero-order chi connectivity index (χ0) is 12.6. The molecule has 0 aliphatic carbocycles. The highest BCUT2D eigenvalue weighted by molar-refractivity contribution is 6.32. The third kappa shape index (κ3) is 1.99. The molecule has 0 fully saturated rings. The molecule has 0 amide bonds. The van der Waals surface area contributed by atoms with Crippen molar-refractivity contribution in [1.29, 1.82) is 5.26 Å². The number of pyridine rings is 1. The minimum Gasteiger partial charge on any atom is -0.252 e. The summed E-state index contributed by atoms with van der Waals surface area (Å²) in [6.45, 7) is 6.06. The molecule has 0 bridgehead atoms. The van der Waals surface area contributed by atoms with Crippen LogP contribution in [-0.2, 0) is 0 Å². The van der Waals surface area contributed by atoms with Crippen molar-refractivity contribution in [3.05, 3.63) is 40.0 Å². The summed E-state index contributed by atoms with van der Waals surface area (Å²) >= 11 is 6.09. The largest absolute Gasteiger partial charge is 0.252 e. The summed E-state index contributed by atoms with van der Waals surface area (Å²) in [6.07, 6.45) is 0. The van der Waals surface area contributed by atoms with Crippen molar-refractivity contribution in [2.75, 3.05) is 0 Å². The van der Waals surface area contributed by atoms with E-state index in [9.17, 15) is 5.26 Å². The monoisotopic (exact) mass is 244 g/mol. The number of hydrogen-bond acceptors (Lipinski definition) is 2. The van der Waals surface area contributed by atoms with Gasteiger partial charge in [-0.15, -0.1) is 0 Å². The molecule has 0 spiro atoms. The van der Waals surface area contributed by atoms with Gasteiger partial charge in [0.25, 0.3) is 0 Å². The lowest BCUT2D eigenvalue weighted by Crippen LogP contribution is -1.97. The van der Waals surface area contributed by atoms with Crippen molar-refractivity contribution in [3.63, 3.8) is 0 Å². The first kappa shape index (κ1) is 11.9. The van der Waals surface area contributed by atoms with Gasteiger partial charge in [0.1, 0.15) is 0 Å². The Hall–Kier alpha value is -1.59. The number of aryl methyl sites for hydroxylation is 1. The maximum absolute atomic E-state index is 9.19. The van der Waals surface area contributed by atoms with Crippen LogP contribution < -0.4 is 0 Å². The van der Waals surface area contributed by atoms with Gasteiger partial charge in [-0.05, 0) is 36.6 Å². The van der Waals surface area contributed by atoms with Crippen LogP contribution in [0, 0.1) is 18.3 Å². The maximum atomic E-state index is 9.19. The van der Waals surface area contributed by atoms with E-state index in [4.69, 9.17) is 11.6 Å². The first-order chi connectivity index (χ1) is 8.04. The summed E-state index contributed by atoms with van der Waals surface area (Å²) in [5.41, 5.74) is 3.36. The van der Waals surface area contributed by atoms with Gasteiger partial charge in [0.15, 0.2) is 0 Å². The Morgan fingerprint density at radius 2 is 2.06 bits per heavy atom. The third-order valence-electron chi connectivity index (χ3n) is 2.90. The molecule has 1 heterocycles. The smallest absolute Gasteiger partial charge is 0.0999 e. The van der Waals surface area contributed by atoms with Gasteiger partial charge in [0.05, 0.1) is 17.1 Å². The molecule has 3 heteroatoms. The average molecular weight is 245 g/mol. The molecule has 0 radical (unpaired) electrons. The second kappa shape index (κ2) is 4.35. The summed E-state index contributed by atoms with van der Waals surface area (Å²) in [5, 5.41) is 10.8. The van der Waals surface area contributed by atoms with Crippen LogP contribution in [0.2, 0.25) is 5.02 Å². The molecule has 0 unspecified atom stereocenters. The van der Waals surface area contributed by atoms with Gasteiger partial charge in [-0.3, -0.25) is 4.98 Å². The zero-order valence-electron chi connectivity index (χ0n) is 10.1. The van der Waals surface area contributed by atoms with Crippen LogP contribution in [0.3, 0.4) is 0 Å². The van der Waals surface area contributed by atoms with Crippen molar-refractivity contribution in [2.24, 2.45) is 0 Å².